The van der Waals surface area contributed by atoms with Crippen molar-refractivity contribution < 1.29 is 9.90 Å². The third-order valence-corrected chi connectivity index (χ3v) is 2.16. The van der Waals surface area contributed by atoms with E-state index in [0.717, 1.165) is 5.56 Å². The van der Waals surface area contributed by atoms with Crippen molar-refractivity contribution in [2.24, 2.45) is 5.73 Å². The first-order chi connectivity index (χ1) is 7.67. The zero-order chi connectivity index (χ0) is 12.0. The summed E-state index contributed by atoms with van der Waals surface area (Å²) in [5.41, 5.74) is 7.08. The van der Waals surface area contributed by atoms with Crippen molar-refractivity contribution in [3.63, 3.8) is 0 Å². The molecule has 4 N–H and O–H groups in total. The molecule has 4 nitrogen and oxygen atoms in total. The average molecular weight is 220 g/mol. The summed E-state index contributed by atoms with van der Waals surface area (Å²) in [7, 11) is 0. The van der Waals surface area contributed by atoms with E-state index in [1.165, 1.54) is 0 Å². The molecule has 0 aliphatic rings. The monoisotopic (exact) mass is 220 g/mol. The van der Waals surface area contributed by atoms with E-state index in [9.17, 15) is 4.79 Å². The first kappa shape index (κ1) is 12.4. The van der Waals surface area contributed by atoms with Crippen LogP contribution >= 0.6 is 0 Å². The van der Waals surface area contributed by atoms with E-state index in [1.807, 2.05) is 0 Å². The number of hydrogen-bond acceptors (Lipinski definition) is 3. The minimum absolute atomic E-state index is 0.00972. The number of benzene rings is 1. The highest BCUT2D eigenvalue weighted by Gasteiger charge is 2.11. The number of carbonyl (C=O) groups excluding carboxylic acids is 1. The van der Waals surface area contributed by atoms with Crippen molar-refractivity contribution in [1.29, 1.82) is 0 Å². The summed E-state index contributed by atoms with van der Waals surface area (Å²) in [6, 6.07) is 6.37. The van der Waals surface area contributed by atoms with Crippen LogP contribution in [0.3, 0.4) is 0 Å². The van der Waals surface area contributed by atoms with Gasteiger partial charge in [0.2, 0.25) is 5.91 Å². The Morgan fingerprint density at radius 1 is 1.50 bits per heavy atom. The van der Waals surface area contributed by atoms with Crippen LogP contribution in [0.15, 0.2) is 36.9 Å². The van der Waals surface area contributed by atoms with Crippen molar-refractivity contribution in [2.75, 3.05) is 5.32 Å². The Hall–Kier alpha value is -1.65. The fourth-order valence-corrected chi connectivity index (χ4v) is 1.22. The fourth-order valence-electron chi connectivity index (χ4n) is 1.22. The van der Waals surface area contributed by atoms with E-state index >= 15 is 0 Å². The van der Waals surface area contributed by atoms with Gasteiger partial charge in [0, 0.05) is 5.69 Å². The lowest BCUT2D eigenvalue weighted by molar-refractivity contribution is -0.117. The van der Waals surface area contributed by atoms with Crippen LogP contribution in [-0.2, 0) is 11.4 Å². The number of rotatable bonds is 5. The summed E-state index contributed by atoms with van der Waals surface area (Å²) < 4.78 is 0. The van der Waals surface area contributed by atoms with E-state index < -0.39 is 6.04 Å². The van der Waals surface area contributed by atoms with Crippen LogP contribution in [0.25, 0.3) is 0 Å². The highest BCUT2D eigenvalue weighted by molar-refractivity contribution is 5.94. The molecular formula is C12H16N2O2. The van der Waals surface area contributed by atoms with E-state index in [1.54, 1.807) is 30.3 Å². The van der Waals surface area contributed by atoms with Crippen molar-refractivity contribution in [1.82, 2.24) is 0 Å². The second kappa shape index (κ2) is 6.05. The molecule has 1 atom stereocenters. The smallest absolute Gasteiger partial charge is 0.241 e. The molecule has 0 saturated heterocycles. The van der Waals surface area contributed by atoms with Gasteiger partial charge in [-0.1, -0.05) is 18.2 Å². The molecule has 0 saturated carbocycles. The Bertz CT molecular complexity index is 360. The molecule has 0 aromatic heterocycles. The maximum atomic E-state index is 11.5. The average Bonchev–Trinajstić information content (AvgIpc) is 2.30. The topological polar surface area (TPSA) is 75.4 Å². The van der Waals surface area contributed by atoms with Crippen molar-refractivity contribution in [3.05, 3.63) is 42.5 Å². The largest absolute Gasteiger partial charge is 0.392 e. The molecular weight excluding hydrogens is 204 g/mol. The maximum Gasteiger partial charge on any atom is 0.241 e. The van der Waals surface area contributed by atoms with Gasteiger partial charge < -0.3 is 16.2 Å². The van der Waals surface area contributed by atoms with Crippen molar-refractivity contribution in [3.8, 4) is 0 Å². The van der Waals surface area contributed by atoms with Crippen LogP contribution in [0.4, 0.5) is 5.69 Å². The van der Waals surface area contributed by atoms with Gasteiger partial charge in [0.05, 0.1) is 12.6 Å². The van der Waals surface area contributed by atoms with E-state index in [4.69, 9.17) is 10.8 Å². The van der Waals surface area contributed by atoms with Crippen LogP contribution in [0, 0.1) is 0 Å². The number of hydrogen-bond donors (Lipinski definition) is 3. The number of nitrogens with two attached hydrogens (primary N) is 1. The van der Waals surface area contributed by atoms with Crippen molar-refractivity contribution >= 4 is 11.6 Å². The quantitative estimate of drug-likeness (QED) is 0.648. The predicted molar refractivity (Wildman–Crippen MR) is 63.8 cm³/mol. The second-order valence-electron chi connectivity index (χ2n) is 3.48. The summed E-state index contributed by atoms with van der Waals surface area (Å²) >= 11 is 0. The van der Waals surface area contributed by atoms with Gasteiger partial charge >= 0.3 is 0 Å². The standard InChI is InChI=1S/C12H16N2O2/c1-2-3-11(13)12(16)14-10-6-4-9(8-15)5-7-10/h2,4-7,11,15H,1,3,8,13H2,(H,14,16). The van der Waals surface area contributed by atoms with E-state index in [2.05, 4.69) is 11.9 Å². The summed E-state index contributed by atoms with van der Waals surface area (Å²) in [5, 5.41) is 11.5. The maximum absolute atomic E-state index is 11.5. The van der Waals surface area contributed by atoms with E-state index in [-0.39, 0.29) is 12.5 Å². The fraction of sp³-hybridized carbons (Fsp3) is 0.250. The van der Waals surface area contributed by atoms with Gasteiger partial charge in [-0.2, -0.15) is 0 Å². The zero-order valence-corrected chi connectivity index (χ0v) is 9.02. The summed E-state index contributed by atoms with van der Waals surface area (Å²) in [6.45, 7) is 3.52. The van der Waals surface area contributed by atoms with Gasteiger partial charge in [-0.25, -0.2) is 0 Å². The number of carbonyl (C=O) groups is 1. The molecule has 1 rings (SSSR count). The molecule has 16 heavy (non-hydrogen) atoms. The molecule has 0 heterocycles. The normalized spacial score (nSPS) is 11.9. The van der Waals surface area contributed by atoms with Gasteiger partial charge in [0.25, 0.3) is 0 Å². The van der Waals surface area contributed by atoms with Crippen LogP contribution in [0.1, 0.15) is 12.0 Å². The third-order valence-electron chi connectivity index (χ3n) is 2.16. The number of anilines is 1. The molecule has 0 aliphatic heterocycles. The molecule has 1 amide bonds. The summed E-state index contributed by atoms with van der Waals surface area (Å²) in [4.78, 5) is 11.5. The summed E-state index contributed by atoms with van der Waals surface area (Å²) in [6.07, 6.45) is 2.06. The molecule has 1 unspecified atom stereocenters. The molecule has 0 fully saturated rings. The van der Waals surface area contributed by atoms with Gasteiger partial charge in [-0.3, -0.25) is 4.79 Å². The van der Waals surface area contributed by atoms with Crippen LogP contribution in [0.2, 0.25) is 0 Å². The van der Waals surface area contributed by atoms with Crippen LogP contribution < -0.4 is 11.1 Å². The third kappa shape index (κ3) is 3.49. The molecule has 1 aromatic rings. The van der Waals surface area contributed by atoms with E-state index in [0.29, 0.717) is 12.1 Å². The number of aliphatic hydroxyl groups excluding tert-OH is 1. The second-order valence-corrected chi connectivity index (χ2v) is 3.48. The number of aliphatic hydroxyl groups is 1. The number of nitrogens with one attached hydrogen (secondary N) is 1. The molecule has 0 aliphatic carbocycles. The highest BCUT2D eigenvalue weighted by Crippen LogP contribution is 2.09. The predicted octanol–water partition coefficient (Wildman–Crippen LogP) is 1.02. The highest BCUT2D eigenvalue weighted by atomic mass is 16.3. The van der Waals surface area contributed by atoms with Gasteiger partial charge in [0.1, 0.15) is 0 Å². The summed E-state index contributed by atoms with van der Waals surface area (Å²) in [5.74, 6) is -0.239. The lowest BCUT2D eigenvalue weighted by Gasteiger charge is -2.10. The molecule has 0 radical (unpaired) electrons. The first-order valence-corrected chi connectivity index (χ1v) is 5.04. The lowest BCUT2D eigenvalue weighted by atomic mass is 10.2. The minimum atomic E-state index is -0.574. The molecule has 4 heteroatoms. The SMILES string of the molecule is C=CCC(N)C(=O)Nc1ccc(CO)cc1. The zero-order valence-electron chi connectivity index (χ0n) is 9.02. The lowest BCUT2D eigenvalue weighted by Crippen LogP contribution is -2.35. The van der Waals surface area contributed by atoms with Crippen LogP contribution in [-0.4, -0.2) is 17.1 Å². The first-order valence-electron chi connectivity index (χ1n) is 5.04. The Morgan fingerprint density at radius 3 is 2.62 bits per heavy atom. The molecule has 1 aromatic carbocycles. The Labute approximate surface area is 94.8 Å². The van der Waals surface area contributed by atoms with Gasteiger partial charge in [-0.15, -0.1) is 6.58 Å². The Morgan fingerprint density at radius 2 is 2.12 bits per heavy atom. The molecule has 86 valence electrons. The van der Waals surface area contributed by atoms with Gasteiger partial charge in [-0.05, 0) is 24.1 Å². The van der Waals surface area contributed by atoms with Crippen LogP contribution in [0.5, 0.6) is 0 Å². The minimum Gasteiger partial charge on any atom is -0.392 e. The molecule has 0 spiro atoms. The van der Waals surface area contributed by atoms with Crippen molar-refractivity contribution in [2.45, 2.75) is 19.1 Å². The Balaban J connectivity index is 2.58. The Kier molecular flexibility index (Phi) is 4.69. The number of amides is 1. The van der Waals surface area contributed by atoms with Gasteiger partial charge in [0.15, 0.2) is 0 Å². The molecule has 0 bridgehead atoms.